The van der Waals surface area contributed by atoms with Gasteiger partial charge in [-0.25, -0.2) is 38.4 Å². The first-order valence-electron chi connectivity index (χ1n) is 23.3. The maximum absolute atomic E-state index is 13.1. The Morgan fingerprint density at radius 2 is 0.521 bits per heavy atom. The van der Waals surface area contributed by atoms with Gasteiger partial charge in [0.05, 0.1) is 6.04 Å². The average molecular weight is 1060 g/mol. The number of nitrogens with two attached hydrogens (primary N) is 10. The van der Waals surface area contributed by atoms with Crippen LogP contribution in [0.25, 0.3) is 0 Å². The van der Waals surface area contributed by atoms with Gasteiger partial charge in [0.25, 0.3) is 0 Å². The summed E-state index contributed by atoms with van der Waals surface area (Å²) >= 11 is 0. The molecule has 0 saturated carbocycles. The highest BCUT2D eigenvalue weighted by Crippen LogP contribution is 2.06. The van der Waals surface area contributed by atoms with Crippen LogP contribution in [0.3, 0.4) is 0 Å². The normalized spacial score (nSPS) is 14.9. The standard InChI is InChI=1S/C38H78N18O17/c39-12-2-1-3-22(21-57)49-67-32(59)24(5-14-41)51-69-34(61)26(7-16-43)53-71-36(63)28(9-18-45)55-73-38(65)30(11-20-47)56-72-37(64)29(10-19-46)54-70-35(62)27(8-17-44)52-68-33(60)25(6-15-42)50-66-31(58)23(48)4-13-40/h21-30,49-56H,1-20,39-48H2/t22-,23?,24?,25?,26?,27?,28?,29?,30?/m0/s1. The van der Waals surface area contributed by atoms with Gasteiger partial charge in [0.15, 0.2) is 0 Å². The summed E-state index contributed by atoms with van der Waals surface area (Å²) in [6.07, 6.45) is 1.21. The van der Waals surface area contributed by atoms with E-state index in [1.54, 1.807) is 0 Å². The second-order valence-electron chi connectivity index (χ2n) is 15.4. The molecule has 8 unspecified atom stereocenters. The Morgan fingerprint density at radius 1 is 0.301 bits per heavy atom. The van der Waals surface area contributed by atoms with Crippen LogP contribution < -0.4 is 101 Å². The molecule has 0 radical (unpaired) electrons. The first-order chi connectivity index (χ1) is 35.0. The molecule has 0 aromatic carbocycles. The first-order valence-corrected chi connectivity index (χ1v) is 23.3. The third-order valence-electron chi connectivity index (χ3n) is 9.52. The smallest absolute Gasteiger partial charge is 0.345 e. The van der Waals surface area contributed by atoms with Gasteiger partial charge in [-0.3, -0.25) is 0 Å². The van der Waals surface area contributed by atoms with E-state index in [4.69, 9.17) is 96.0 Å². The summed E-state index contributed by atoms with van der Waals surface area (Å²) in [5.41, 5.74) is 73.6. The van der Waals surface area contributed by atoms with Gasteiger partial charge in [-0.2, -0.15) is 0 Å². The summed E-state index contributed by atoms with van der Waals surface area (Å²) in [5.74, 6) is -8.54. The van der Waals surface area contributed by atoms with Crippen molar-refractivity contribution in [1.82, 2.24) is 43.8 Å². The molecule has 0 aliphatic rings. The quantitative estimate of drug-likeness (QED) is 0.0117. The monoisotopic (exact) mass is 1060 g/mol. The predicted octanol–water partition coefficient (Wildman–Crippen LogP) is -10.2. The van der Waals surface area contributed by atoms with Gasteiger partial charge in [0, 0.05) is 0 Å². The molecule has 0 bridgehead atoms. The van der Waals surface area contributed by atoms with E-state index in [1.807, 2.05) is 0 Å². The van der Waals surface area contributed by atoms with Gasteiger partial charge < -0.3 is 101 Å². The summed E-state index contributed by atoms with van der Waals surface area (Å²) in [7, 11) is 0. The highest BCUT2D eigenvalue weighted by Gasteiger charge is 2.32. The van der Waals surface area contributed by atoms with Crippen LogP contribution >= 0.6 is 0 Å². The molecule has 0 rings (SSSR count). The molecule has 0 aliphatic carbocycles. The molecule has 0 aliphatic heterocycles. The van der Waals surface area contributed by atoms with Gasteiger partial charge in [-0.1, -0.05) is 6.42 Å². The number of hydrogen-bond donors (Lipinski definition) is 18. The molecular weight excluding hydrogens is 981 g/mol. The molecule has 0 amide bonds. The Labute approximate surface area is 420 Å². The molecule has 28 N–H and O–H groups in total. The van der Waals surface area contributed by atoms with Crippen molar-refractivity contribution in [3.8, 4) is 0 Å². The molecule has 422 valence electrons. The van der Waals surface area contributed by atoms with E-state index in [0.29, 0.717) is 32.1 Å². The minimum atomic E-state index is -1.47. The zero-order chi connectivity index (χ0) is 55.0. The number of carbonyl (C=O) groups is 9. The van der Waals surface area contributed by atoms with Crippen LogP contribution in [0.4, 0.5) is 0 Å². The van der Waals surface area contributed by atoms with Crippen LogP contribution in [0.5, 0.6) is 0 Å². The Hall–Kier alpha value is -5.29. The largest absolute Gasteiger partial charge is 0.368 e. The number of carbonyl (C=O) groups excluding carboxylic acids is 9. The molecule has 9 atom stereocenters. The zero-order valence-corrected chi connectivity index (χ0v) is 40.6. The van der Waals surface area contributed by atoms with Crippen molar-refractivity contribution in [3.05, 3.63) is 0 Å². The Bertz CT molecular complexity index is 1630. The van der Waals surface area contributed by atoms with Crippen molar-refractivity contribution in [2.24, 2.45) is 57.3 Å². The van der Waals surface area contributed by atoms with Gasteiger partial charge in [-0.05, 0) is 123 Å². The number of hydroxylamine groups is 8. The number of aldehydes is 1. The molecule has 0 spiro atoms. The second kappa shape index (κ2) is 42.1. The SMILES string of the molecule is NCCCC[C@@H](C=O)NOC(=O)C(CCN)NOC(=O)C(CCN)NOC(=O)C(CCN)NOC(=O)C(CCN)NOC(=O)C(CCN)NOC(=O)C(CCN)NOC(=O)C(CCN)NOC(=O)C(N)CCN. The molecular formula is C38H78N18O17. The van der Waals surface area contributed by atoms with Crippen LogP contribution in [0.1, 0.15) is 70.6 Å². The third-order valence-corrected chi connectivity index (χ3v) is 9.52. The molecule has 35 nitrogen and oxygen atoms in total. The summed E-state index contributed by atoms with van der Waals surface area (Å²) < 4.78 is 0. The topological polar surface area (TPSA) is 584 Å². The van der Waals surface area contributed by atoms with Crippen molar-refractivity contribution in [1.29, 1.82) is 0 Å². The molecule has 0 aromatic heterocycles. The van der Waals surface area contributed by atoms with Gasteiger partial charge in [0.2, 0.25) is 0 Å². The van der Waals surface area contributed by atoms with Crippen molar-refractivity contribution in [2.75, 3.05) is 58.9 Å². The highest BCUT2D eigenvalue weighted by molar-refractivity contribution is 5.81. The molecule has 0 aromatic rings. The number of unbranched alkanes of at least 4 members (excludes halogenated alkanes) is 1. The number of nitrogens with one attached hydrogen (secondary N) is 8. The van der Waals surface area contributed by atoms with Crippen molar-refractivity contribution >= 4 is 54.0 Å². The fourth-order valence-corrected chi connectivity index (χ4v) is 5.31. The average Bonchev–Trinajstić information content (AvgIpc) is 3.37. The minimum Gasteiger partial charge on any atom is -0.368 e. The van der Waals surface area contributed by atoms with E-state index >= 15 is 0 Å². The van der Waals surface area contributed by atoms with E-state index in [9.17, 15) is 43.2 Å². The summed E-state index contributed by atoms with van der Waals surface area (Å²) in [4.78, 5) is 154. The molecule has 35 heteroatoms. The van der Waals surface area contributed by atoms with Crippen LogP contribution in [0.2, 0.25) is 0 Å². The van der Waals surface area contributed by atoms with E-state index in [0.717, 1.165) is 0 Å². The molecule has 0 saturated heterocycles. The lowest BCUT2D eigenvalue weighted by Gasteiger charge is -2.23. The van der Waals surface area contributed by atoms with E-state index in [1.165, 1.54) is 0 Å². The fourth-order valence-electron chi connectivity index (χ4n) is 5.31. The van der Waals surface area contributed by atoms with Gasteiger partial charge in [-0.15, -0.1) is 43.8 Å². The van der Waals surface area contributed by atoms with Crippen LogP contribution in [-0.2, 0) is 81.9 Å². The first kappa shape index (κ1) is 67.7. The minimum absolute atomic E-state index is 0.0469. The lowest BCUT2D eigenvalue weighted by Crippen LogP contribution is -2.51. The second-order valence-corrected chi connectivity index (χ2v) is 15.4. The van der Waals surface area contributed by atoms with Crippen molar-refractivity contribution < 1.29 is 81.9 Å². The summed E-state index contributed by atoms with van der Waals surface area (Å²) in [5, 5.41) is 0. The Morgan fingerprint density at radius 3 is 0.726 bits per heavy atom. The van der Waals surface area contributed by atoms with Crippen molar-refractivity contribution in [3.63, 3.8) is 0 Å². The molecule has 73 heavy (non-hydrogen) atoms. The third kappa shape index (κ3) is 29.3. The maximum atomic E-state index is 13.1. The van der Waals surface area contributed by atoms with E-state index < -0.39 is 102 Å². The zero-order valence-electron chi connectivity index (χ0n) is 40.6. The van der Waals surface area contributed by atoms with E-state index in [2.05, 4.69) is 43.8 Å². The lowest BCUT2D eigenvalue weighted by molar-refractivity contribution is -0.175. The maximum Gasteiger partial charge on any atom is 0.345 e. The van der Waals surface area contributed by atoms with Crippen LogP contribution in [-0.4, -0.2) is 167 Å². The van der Waals surface area contributed by atoms with Crippen LogP contribution in [0.15, 0.2) is 0 Å². The van der Waals surface area contributed by atoms with Gasteiger partial charge >= 0.3 is 47.8 Å². The fraction of sp³-hybridized carbons (Fsp3) is 0.763. The molecule has 0 fully saturated rings. The summed E-state index contributed by atoms with van der Waals surface area (Å²) in [6, 6.07) is -11.6. The number of rotatable bonds is 45. The molecule has 0 heterocycles. The van der Waals surface area contributed by atoms with Crippen molar-refractivity contribution in [2.45, 2.75) is 125 Å². The Kier molecular flexibility index (Phi) is 39.1. The predicted molar refractivity (Wildman–Crippen MR) is 250 cm³/mol. The highest BCUT2D eigenvalue weighted by atomic mass is 16.7. The Balaban J connectivity index is 5.48. The summed E-state index contributed by atoms with van der Waals surface area (Å²) in [6.45, 7) is -0.265. The van der Waals surface area contributed by atoms with Crippen LogP contribution in [0, 0.1) is 0 Å². The van der Waals surface area contributed by atoms with Gasteiger partial charge in [0.1, 0.15) is 54.6 Å². The van der Waals surface area contributed by atoms with E-state index in [-0.39, 0.29) is 104 Å². The lowest BCUT2D eigenvalue weighted by atomic mass is 10.1. The number of hydrogen-bond acceptors (Lipinski definition) is 35.